The predicted molar refractivity (Wildman–Crippen MR) is 115 cm³/mol. The first-order chi connectivity index (χ1) is 15.5. The molecule has 0 saturated heterocycles. The third-order valence-corrected chi connectivity index (χ3v) is 6.72. The van der Waals surface area contributed by atoms with Crippen molar-refractivity contribution in [3.8, 4) is 11.5 Å². The average Bonchev–Trinajstić information content (AvgIpc) is 2.78. The number of benzene rings is 2. The molecule has 2 aromatic rings. The van der Waals surface area contributed by atoms with Crippen molar-refractivity contribution in [2.45, 2.75) is 37.4 Å². The first kappa shape index (κ1) is 24.8. The van der Waals surface area contributed by atoms with E-state index in [1.807, 2.05) is 13.0 Å². The summed E-state index contributed by atoms with van der Waals surface area (Å²) >= 11 is 0. The summed E-state index contributed by atoms with van der Waals surface area (Å²) in [5.74, 6) is -0.786. The Morgan fingerprint density at radius 2 is 1.88 bits per heavy atom. The van der Waals surface area contributed by atoms with E-state index in [-0.39, 0.29) is 31.0 Å². The number of nitrogens with zero attached hydrogens (tertiary/aromatic N) is 1. The van der Waals surface area contributed by atoms with Crippen molar-refractivity contribution in [1.82, 2.24) is 9.62 Å². The molecule has 0 unspecified atom stereocenters. The lowest BCUT2D eigenvalue weighted by molar-refractivity contribution is -0.186. The molecule has 7 nitrogen and oxygen atoms in total. The summed E-state index contributed by atoms with van der Waals surface area (Å²) in [6.45, 7) is 2.09. The maximum atomic E-state index is 12.8. The summed E-state index contributed by atoms with van der Waals surface area (Å²) in [4.78, 5) is 12.2. The molecule has 0 saturated carbocycles. The molecule has 11 heteroatoms. The molecule has 3 rings (SSSR count). The number of halogens is 3. The number of methoxy groups -OCH3 is 1. The number of hydrogen-bond acceptors (Lipinski definition) is 5. The Labute approximate surface area is 190 Å². The quantitative estimate of drug-likeness (QED) is 0.620. The molecular weight excluding hydrogens is 461 g/mol. The Morgan fingerprint density at radius 3 is 2.55 bits per heavy atom. The number of fused-ring (bicyclic) bond motifs is 1. The minimum absolute atomic E-state index is 0.0631. The Hall–Kier alpha value is -2.79. The van der Waals surface area contributed by atoms with E-state index in [1.165, 1.54) is 19.2 Å². The van der Waals surface area contributed by atoms with Gasteiger partial charge in [0.05, 0.1) is 18.6 Å². The summed E-state index contributed by atoms with van der Waals surface area (Å²) in [6, 6.07) is 9.66. The standard InChI is InChI=1S/C22H25F3N2O5S/c1-3-32-19-7-4-15(12-20(19)31-2)8-10-26-33(29,30)18-6-5-16-9-11-27(14-17(16)13-18)21(28)22(23,24)25/h4-7,12-13,26H,3,8-11,14H2,1-2H3. The van der Waals surface area contributed by atoms with Crippen molar-refractivity contribution in [2.75, 3.05) is 26.8 Å². The third kappa shape index (κ3) is 5.97. The third-order valence-electron chi connectivity index (χ3n) is 5.26. The van der Waals surface area contributed by atoms with E-state index in [9.17, 15) is 26.4 Å². The topological polar surface area (TPSA) is 84.9 Å². The van der Waals surface area contributed by atoms with Crippen LogP contribution in [0.15, 0.2) is 41.3 Å². The van der Waals surface area contributed by atoms with Gasteiger partial charge in [-0.3, -0.25) is 4.79 Å². The molecule has 0 bridgehead atoms. The lowest BCUT2D eigenvalue weighted by Crippen LogP contribution is -2.43. The van der Waals surface area contributed by atoms with Crippen LogP contribution in [0.4, 0.5) is 13.2 Å². The van der Waals surface area contributed by atoms with E-state index in [0.717, 1.165) is 11.1 Å². The highest BCUT2D eigenvalue weighted by atomic mass is 32.2. The second-order valence-corrected chi connectivity index (χ2v) is 9.24. The summed E-state index contributed by atoms with van der Waals surface area (Å²) in [5.41, 5.74) is 1.95. The zero-order valence-electron chi connectivity index (χ0n) is 18.2. The SMILES string of the molecule is CCOc1ccc(CCNS(=O)(=O)c2ccc3c(c2)CN(C(=O)C(F)(F)F)CC3)cc1OC. The molecule has 0 fully saturated rings. The van der Waals surface area contributed by atoms with Crippen molar-refractivity contribution >= 4 is 15.9 Å². The lowest BCUT2D eigenvalue weighted by Gasteiger charge is -2.29. The normalized spacial score (nSPS) is 14.0. The molecule has 1 amide bonds. The van der Waals surface area contributed by atoms with Gasteiger partial charge in [0.2, 0.25) is 10.0 Å². The van der Waals surface area contributed by atoms with Gasteiger partial charge in [-0.25, -0.2) is 13.1 Å². The van der Waals surface area contributed by atoms with Crippen LogP contribution >= 0.6 is 0 Å². The number of carbonyl (C=O) groups is 1. The minimum Gasteiger partial charge on any atom is -0.493 e. The van der Waals surface area contributed by atoms with E-state index in [0.29, 0.717) is 35.0 Å². The van der Waals surface area contributed by atoms with Crippen molar-refractivity contribution < 1.29 is 35.9 Å². The van der Waals surface area contributed by atoms with Crippen LogP contribution in [-0.2, 0) is 34.2 Å². The predicted octanol–water partition coefficient (Wildman–Crippen LogP) is 3.06. The van der Waals surface area contributed by atoms with E-state index in [4.69, 9.17) is 9.47 Å². The summed E-state index contributed by atoms with van der Waals surface area (Å²) < 4.78 is 77.0. The average molecular weight is 487 g/mol. The summed E-state index contributed by atoms with van der Waals surface area (Å²) in [6.07, 6.45) is -4.35. The Balaban J connectivity index is 1.67. The maximum Gasteiger partial charge on any atom is 0.471 e. The molecule has 1 aliphatic rings. The Kier molecular flexibility index (Phi) is 7.53. The van der Waals surface area contributed by atoms with Crippen LogP contribution in [0, 0.1) is 0 Å². The molecule has 0 atom stereocenters. The number of sulfonamides is 1. The van der Waals surface area contributed by atoms with Gasteiger partial charge in [-0.1, -0.05) is 12.1 Å². The van der Waals surface area contributed by atoms with Crippen LogP contribution in [0.25, 0.3) is 0 Å². The van der Waals surface area contributed by atoms with Crippen LogP contribution in [0.1, 0.15) is 23.6 Å². The highest BCUT2D eigenvalue weighted by Crippen LogP contribution is 2.29. The molecule has 0 spiro atoms. The van der Waals surface area contributed by atoms with E-state index >= 15 is 0 Å². The maximum absolute atomic E-state index is 12.8. The van der Waals surface area contributed by atoms with Crippen molar-refractivity contribution in [1.29, 1.82) is 0 Å². The fourth-order valence-corrected chi connectivity index (χ4v) is 4.69. The summed E-state index contributed by atoms with van der Waals surface area (Å²) in [7, 11) is -2.38. The molecular formula is C22H25F3N2O5S. The van der Waals surface area contributed by atoms with Gasteiger partial charge in [0, 0.05) is 19.6 Å². The van der Waals surface area contributed by atoms with Gasteiger partial charge >= 0.3 is 12.1 Å². The van der Waals surface area contributed by atoms with Gasteiger partial charge in [-0.15, -0.1) is 0 Å². The smallest absolute Gasteiger partial charge is 0.471 e. The minimum atomic E-state index is -4.97. The highest BCUT2D eigenvalue weighted by molar-refractivity contribution is 7.89. The largest absolute Gasteiger partial charge is 0.493 e. The number of hydrogen-bond donors (Lipinski definition) is 1. The Morgan fingerprint density at radius 1 is 1.12 bits per heavy atom. The monoisotopic (exact) mass is 486 g/mol. The molecule has 0 aromatic heterocycles. The number of amides is 1. The van der Waals surface area contributed by atoms with Crippen LogP contribution in [0.2, 0.25) is 0 Å². The molecule has 0 radical (unpaired) electrons. The fraction of sp³-hybridized carbons (Fsp3) is 0.409. The Bertz CT molecular complexity index is 1120. The van der Waals surface area contributed by atoms with Crippen LogP contribution in [-0.4, -0.2) is 52.2 Å². The summed E-state index contributed by atoms with van der Waals surface area (Å²) in [5, 5.41) is 0. The highest BCUT2D eigenvalue weighted by Gasteiger charge is 2.43. The number of rotatable bonds is 8. The zero-order valence-corrected chi connectivity index (χ0v) is 19.1. The lowest BCUT2D eigenvalue weighted by atomic mass is 10.00. The van der Waals surface area contributed by atoms with Crippen molar-refractivity contribution in [3.63, 3.8) is 0 Å². The second kappa shape index (κ2) is 10.0. The van der Waals surface area contributed by atoms with Crippen LogP contribution in [0.5, 0.6) is 11.5 Å². The van der Waals surface area contributed by atoms with Gasteiger partial charge in [-0.2, -0.15) is 13.2 Å². The van der Waals surface area contributed by atoms with E-state index < -0.39 is 22.1 Å². The molecule has 33 heavy (non-hydrogen) atoms. The number of ether oxygens (including phenoxy) is 2. The molecule has 1 N–H and O–H groups in total. The van der Waals surface area contributed by atoms with Crippen LogP contribution < -0.4 is 14.2 Å². The fourth-order valence-electron chi connectivity index (χ4n) is 3.61. The van der Waals surface area contributed by atoms with Crippen molar-refractivity contribution in [3.05, 3.63) is 53.1 Å². The zero-order chi connectivity index (χ0) is 24.2. The molecule has 0 aliphatic carbocycles. The van der Waals surface area contributed by atoms with Crippen LogP contribution in [0.3, 0.4) is 0 Å². The van der Waals surface area contributed by atoms with Gasteiger partial charge < -0.3 is 14.4 Å². The van der Waals surface area contributed by atoms with Gasteiger partial charge in [-0.05, 0) is 60.7 Å². The molecule has 2 aromatic carbocycles. The van der Waals surface area contributed by atoms with Gasteiger partial charge in [0.25, 0.3) is 0 Å². The number of alkyl halides is 3. The first-order valence-corrected chi connectivity index (χ1v) is 11.8. The molecule has 1 heterocycles. The van der Waals surface area contributed by atoms with E-state index in [1.54, 1.807) is 18.2 Å². The van der Waals surface area contributed by atoms with Gasteiger partial charge in [0.15, 0.2) is 11.5 Å². The number of carbonyl (C=O) groups excluding carboxylic acids is 1. The first-order valence-electron chi connectivity index (χ1n) is 10.3. The number of nitrogens with one attached hydrogen (secondary N) is 1. The molecule has 180 valence electrons. The second-order valence-electron chi connectivity index (χ2n) is 7.47. The van der Waals surface area contributed by atoms with E-state index in [2.05, 4.69) is 4.72 Å². The van der Waals surface area contributed by atoms with Crippen molar-refractivity contribution in [2.24, 2.45) is 0 Å². The van der Waals surface area contributed by atoms with Gasteiger partial charge in [0.1, 0.15) is 0 Å². The molecule has 1 aliphatic heterocycles.